The molecule has 0 amide bonds. The zero-order valence-corrected chi connectivity index (χ0v) is 14.8. The van der Waals surface area contributed by atoms with Crippen molar-refractivity contribution in [3.8, 4) is 11.1 Å². The summed E-state index contributed by atoms with van der Waals surface area (Å²) in [6.45, 7) is 0. The van der Waals surface area contributed by atoms with Gasteiger partial charge in [-0.05, 0) is 6.07 Å². The van der Waals surface area contributed by atoms with Gasteiger partial charge in [0.15, 0.2) is 5.69 Å². The number of carbonyl (C=O) groups is 1. The van der Waals surface area contributed by atoms with E-state index < -0.39 is 44.6 Å². The Kier molecular flexibility index (Phi) is 5.47. The number of pyridine rings is 1. The van der Waals surface area contributed by atoms with Gasteiger partial charge in [-0.1, -0.05) is 58.0 Å². The van der Waals surface area contributed by atoms with E-state index in [9.17, 15) is 23.1 Å². The summed E-state index contributed by atoms with van der Waals surface area (Å²) in [6.07, 6.45) is -4.28. The number of alkyl halides is 3. The normalized spacial score (nSPS) is 11.7. The number of aromatic carboxylic acids is 1. The van der Waals surface area contributed by atoms with Crippen molar-refractivity contribution in [3.63, 3.8) is 0 Å². The van der Waals surface area contributed by atoms with Gasteiger partial charge in [-0.15, -0.1) is 0 Å². The highest BCUT2D eigenvalue weighted by molar-refractivity contribution is 6.56. The van der Waals surface area contributed by atoms with E-state index >= 15 is 0 Å². The predicted octanol–water partition coefficient (Wildman–Crippen LogP) is 6.73. The molecule has 1 aromatic heterocycles. The van der Waals surface area contributed by atoms with Gasteiger partial charge in [0.05, 0.1) is 30.7 Å². The molecule has 0 saturated carbocycles. The Morgan fingerprint density at radius 2 is 1.38 bits per heavy atom. The van der Waals surface area contributed by atoms with E-state index in [1.807, 2.05) is 0 Å². The number of hydrogen-bond donors (Lipinski definition) is 1. The Morgan fingerprint density at radius 3 is 1.79 bits per heavy atom. The second kappa shape index (κ2) is 6.77. The lowest BCUT2D eigenvalue weighted by Gasteiger charge is -2.18. The molecule has 1 heterocycles. The Balaban J connectivity index is 3.05. The maximum Gasteiger partial charge on any atom is 0.433 e. The van der Waals surface area contributed by atoms with Crippen LogP contribution in [-0.4, -0.2) is 16.1 Å². The second-order valence-corrected chi connectivity index (χ2v) is 6.22. The summed E-state index contributed by atoms with van der Waals surface area (Å²) in [5.41, 5.74) is -3.60. The number of carboxylic acid groups (broad SMARTS) is 1. The van der Waals surface area contributed by atoms with E-state index in [0.29, 0.717) is 6.20 Å². The molecule has 0 aliphatic carbocycles. The Hall–Kier alpha value is -0.920. The van der Waals surface area contributed by atoms with Gasteiger partial charge in [0.25, 0.3) is 0 Å². The number of nitrogens with zero attached hydrogens (tertiary/aromatic N) is 1. The third-order valence-electron chi connectivity index (χ3n) is 2.91. The van der Waals surface area contributed by atoms with Crippen molar-refractivity contribution >= 4 is 64.0 Å². The molecule has 0 aliphatic rings. The van der Waals surface area contributed by atoms with Gasteiger partial charge < -0.3 is 5.11 Å². The van der Waals surface area contributed by atoms with Crippen LogP contribution in [0.2, 0.25) is 25.1 Å². The fourth-order valence-electron chi connectivity index (χ4n) is 1.93. The van der Waals surface area contributed by atoms with E-state index in [1.165, 1.54) is 0 Å². The van der Waals surface area contributed by atoms with Crippen LogP contribution in [0.1, 0.15) is 16.1 Å². The molecule has 0 aliphatic heterocycles. The largest absolute Gasteiger partial charge is 0.478 e. The highest BCUT2D eigenvalue weighted by Gasteiger charge is 2.39. The monoisotopic (exact) mass is 437 g/mol. The molecule has 2 aromatic rings. The van der Waals surface area contributed by atoms with Crippen LogP contribution in [0.4, 0.5) is 13.2 Å². The highest BCUT2D eigenvalue weighted by Crippen LogP contribution is 2.51. The standard InChI is InChI=1S/C13H3Cl5F3NO2/c14-6-5(7(15)9(17)10(18)8(6)16)4-3(12(23)24)1-2-22-11(4)13(19,20)21/h1-2H,(H,23,24). The summed E-state index contributed by atoms with van der Waals surface area (Å²) in [7, 11) is 0. The molecule has 3 nitrogen and oxygen atoms in total. The van der Waals surface area contributed by atoms with Crippen molar-refractivity contribution in [2.75, 3.05) is 0 Å². The molecular weight excluding hydrogens is 436 g/mol. The van der Waals surface area contributed by atoms with E-state index in [1.54, 1.807) is 0 Å². The second-order valence-electron chi connectivity index (χ2n) is 4.33. The van der Waals surface area contributed by atoms with E-state index in [4.69, 9.17) is 58.0 Å². The van der Waals surface area contributed by atoms with E-state index in [2.05, 4.69) is 4.98 Å². The molecule has 0 radical (unpaired) electrons. The van der Waals surface area contributed by atoms with Crippen LogP contribution < -0.4 is 0 Å². The van der Waals surface area contributed by atoms with Crippen LogP contribution in [0.15, 0.2) is 12.3 Å². The topological polar surface area (TPSA) is 50.2 Å². The Labute approximate surface area is 157 Å². The molecule has 24 heavy (non-hydrogen) atoms. The Bertz CT molecular complexity index is 825. The summed E-state index contributed by atoms with van der Waals surface area (Å²) in [5, 5.41) is 7.27. The summed E-state index contributed by atoms with van der Waals surface area (Å²) in [4.78, 5) is 14.6. The molecule has 0 atom stereocenters. The maximum atomic E-state index is 13.3. The first-order valence-corrected chi connectivity index (χ1v) is 7.68. The van der Waals surface area contributed by atoms with Crippen LogP contribution >= 0.6 is 58.0 Å². The fourth-order valence-corrected chi connectivity index (χ4v) is 3.26. The average Bonchev–Trinajstić information content (AvgIpc) is 2.50. The smallest absolute Gasteiger partial charge is 0.433 e. The number of halogens is 8. The lowest BCUT2D eigenvalue weighted by Crippen LogP contribution is -2.14. The summed E-state index contributed by atoms with van der Waals surface area (Å²) >= 11 is 29.4. The zero-order chi connectivity index (χ0) is 18.4. The highest BCUT2D eigenvalue weighted by atomic mass is 35.5. The number of aromatic nitrogens is 1. The molecule has 0 spiro atoms. The molecule has 2 rings (SSSR count). The van der Waals surface area contributed by atoms with Crippen LogP contribution in [0.5, 0.6) is 0 Å². The Morgan fingerprint density at radius 1 is 0.917 bits per heavy atom. The third kappa shape index (κ3) is 3.26. The lowest BCUT2D eigenvalue weighted by molar-refractivity contribution is -0.140. The molecular formula is C13H3Cl5F3NO2. The maximum absolute atomic E-state index is 13.3. The van der Waals surface area contributed by atoms with Gasteiger partial charge in [-0.2, -0.15) is 13.2 Å². The SMILES string of the molecule is O=C(O)c1ccnc(C(F)(F)F)c1-c1c(Cl)c(Cl)c(Cl)c(Cl)c1Cl. The molecule has 1 N–H and O–H groups in total. The van der Waals surface area contributed by atoms with Crippen molar-refractivity contribution in [2.24, 2.45) is 0 Å². The van der Waals surface area contributed by atoms with Gasteiger partial charge >= 0.3 is 12.1 Å². The van der Waals surface area contributed by atoms with Crippen molar-refractivity contribution in [3.05, 3.63) is 48.6 Å². The molecule has 0 unspecified atom stereocenters. The van der Waals surface area contributed by atoms with Gasteiger partial charge in [0.1, 0.15) is 0 Å². The van der Waals surface area contributed by atoms with Crippen molar-refractivity contribution in [1.82, 2.24) is 4.98 Å². The van der Waals surface area contributed by atoms with Gasteiger partial charge in [0, 0.05) is 17.3 Å². The molecule has 1 aromatic carbocycles. The minimum Gasteiger partial charge on any atom is -0.478 e. The van der Waals surface area contributed by atoms with Crippen LogP contribution in [0.3, 0.4) is 0 Å². The molecule has 0 saturated heterocycles. The number of rotatable bonds is 2. The van der Waals surface area contributed by atoms with Gasteiger partial charge in [0.2, 0.25) is 0 Å². The van der Waals surface area contributed by atoms with Gasteiger partial charge in [-0.3, -0.25) is 4.98 Å². The minimum absolute atomic E-state index is 0.272. The minimum atomic E-state index is -4.98. The van der Waals surface area contributed by atoms with Crippen LogP contribution in [0, 0.1) is 0 Å². The fraction of sp³-hybridized carbons (Fsp3) is 0.0769. The first-order valence-electron chi connectivity index (χ1n) is 5.79. The first-order chi connectivity index (χ1) is 11.0. The first kappa shape index (κ1) is 19.4. The van der Waals surface area contributed by atoms with Crippen molar-refractivity contribution in [1.29, 1.82) is 0 Å². The lowest BCUT2D eigenvalue weighted by atomic mass is 9.97. The van der Waals surface area contributed by atoms with Crippen LogP contribution in [0.25, 0.3) is 11.1 Å². The third-order valence-corrected chi connectivity index (χ3v) is 5.19. The number of carboxylic acids is 1. The summed E-state index contributed by atoms with van der Waals surface area (Å²) in [6, 6.07) is 0.871. The molecule has 128 valence electrons. The number of hydrogen-bond acceptors (Lipinski definition) is 2. The molecule has 0 bridgehead atoms. The van der Waals surface area contributed by atoms with Gasteiger partial charge in [-0.25, -0.2) is 4.79 Å². The van der Waals surface area contributed by atoms with Crippen molar-refractivity contribution < 1.29 is 23.1 Å². The zero-order valence-electron chi connectivity index (χ0n) is 11.0. The van der Waals surface area contributed by atoms with Crippen molar-refractivity contribution in [2.45, 2.75) is 6.18 Å². The summed E-state index contributed by atoms with van der Waals surface area (Å²) in [5.74, 6) is -1.65. The quantitative estimate of drug-likeness (QED) is 0.417. The average molecular weight is 439 g/mol. The molecule has 11 heteroatoms. The number of benzene rings is 1. The van der Waals surface area contributed by atoms with Crippen LogP contribution in [-0.2, 0) is 6.18 Å². The predicted molar refractivity (Wildman–Crippen MR) is 86.7 cm³/mol. The van der Waals surface area contributed by atoms with E-state index in [0.717, 1.165) is 6.07 Å². The summed E-state index contributed by atoms with van der Waals surface area (Å²) < 4.78 is 39.9. The van der Waals surface area contributed by atoms with E-state index in [-0.39, 0.29) is 15.1 Å². The molecule has 0 fully saturated rings.